The Morgan fingerprint density at radius 3 is 0.852 bits per heavy atom. The third-order valence-corrected chi connectivity index (χ3v) is 17.9. The smallest absolute Gasteiger partial charge is 0.451 e. The predicted octanol–water partition coefficient (Wildman–Crippen LogP) is 22.7. The van der Waals surface area contributed by atoms with Crippen LogP contribution in [-0.2, 0) is 68.0 Å². The van der Waals surface area contributed by atoms with Crippen LogP contribution in [0.5, 0.6) is 0 Å². The predicted molar refractivity (Wildman–Crippen MR) is 402 cm³/mol. The fraction of sp³-hybridized carbons (Fsp3) is 0.198. The fourth-order valence-electron chi connectivity index (χ4n) is 12.3. The molecule has 0 N–H and O–H groups in total. The first-order chi connectivity index (χ1) is 50.8. The molecule has 6 heterocycles. The van der Waals surface area contributed by atoms with Crippen LogP contribution in [0.3, 0.4) is 0 Å². The van der Waals surface area contributed by atoms with E-state index in [0.29, 0.717) is 63.9 Å². The minimum atomic E-state index is -4.70. The Morgan fingerprint density at radius 2 is 0.574 bits per heavy atom. The monoisotopic (exact) mass is 1640 g/mol. The fourth-order valence-corrected chi connectivity index (χ4v) is 12.3. The van der Waals surface area contributed by atoms with E-state index in [1.807, 2.05) is 178 Å². The molecular weight excluding hydrogens is 1560 g/mol. The number of nitrogens with zero attached hydrogens (tertiary/aromatic N) is 12. The number of alkyl halides is 9. The molecule has 0 fully saturated rings. The van der Waals surface area contributed by atoms with Crippen molar-refractivity contribution >= 4 is 57.3 Å². The van der Waals surface area contributed by atoms with Crippen molar-refractivity contribution in [1.29, 1.82) is 0 Å². The van der Waals surface area contributed by atoms with Gasteiger partial charge in [-0.25, -0.2) is 29.9 Å². The molecule has 15 rings (SSSR count). The van der Waals surface area contributed by atoms with Crippen molar-refractivity contribution in [2.45, 2.75) is 110 Å². The summed E-state index contributed by atoms with van der Waals surface area (Å²) in [4.78, 5) is 34.7. The summed E-state index contributed by atoms with van der Waals surface area (Å²) < 4.78 is 125. The number of fused-ring (bicyclic) bond motifs is 3. The van der Waals surface area contributed by atoms with Gasteiger partial charge in [0.05, 0.1) is 34.1 Å². The average molecular weight is 1640 g/mol. The maximum atomic E-state index is 13.9. The average Bonchev–Trinajstić information content (AvgIpc) is 1.59. The van der Waals surface area contributed by atoms with Gasteiger partial charge in [0.25, 0.3) is 0 Å². The molecule has 3 aromatic heterocycles. The molecule has 0 saturated heterocycles. The Bertz CT molecular complexity index is 4830. The summed E-state index contributed by atoms with van der Waals surface area (Å²) in [6.07, 6.45) is -14.1. The van der Waals surface area contributed by atoms with Crippen LogP contribution in [0.2, 0.25) is 0 Å². The van der Waals surface area contributed by atoms with Crippen LogP contribution in [0.1, 0.15) is 108 Å². The summed E-state index contributed by atoms with van der Waals surface area (Å²) in [6, 6.07) is 82.5. The van der Waals surface area contributed by atoms with Crippen LogP contribution in [-0.4, -0.2) is 29.9 Å². The molecule has 555 valence electrons. The Kier molecular flexibility index (Phi) is 21.8. The molecule has 0 aliphatic carbocycles. The van der Waals surface area contributed by atoms with Gasteiger partial charge in [0.2, 0.25) is 17.5 Å². The zero-order valence-electron chi connectivity index (χ0n) is 60.3. The molecule has 0 unspecified atom stereocenters. The third-order valence-electron chi connectivity index (χ3n) is 17.9. The van der Waals surface area contributed by atoms with Gasteiger partial charge >= 0.3 is 18.5 Å². The second-order valence-corrected chi connectivity index (χ2v) is 28.8. The van der Waals surface area contributed by atoms with Gasteiger partial charge in [-0.05, 0) is 23.3 Å². The molecule has 0 saturated carbocycles. The third kappa shape index (κ3) is 16.9. The van der Waals surface area contributed by atoms with Gasteiger partial charge < -0.3 is 29.4 Å². The number of hydrogen-bond donors (Lipinski definition) is 0. The van der Waals surface area contributed by atoms with Gasteiger partial charge in [0, 0.05) is 55.6 Å². The van der Waals surface area contributed by atoms with Crippen molar-refractivity contribution < 1.29 is 59.6 Å². The Labute approximate surface area is 636 Å². The summed E-state index contributed by atoms with van der Waals surface area (Å²) >= 11 is 0. The van der Waals surface area contributed by atoms with Gasteiger partial charge in [-0.15, -0.1) is 55.3 Å². The molecule has 0 spiro atoms. The second kappa shape index (κ2) is 30.7. The van der Waals surface area contributed by atoms with Crippen molar-refractivity contribution in [2.24, 2.45) is 0 Å². The van der Waals surface area contributed by atoms with E-state index in [9.17, 15) is 39.5 Å². The van der Waals surface area contributed by atoms with Crippen LogP contribution in [0.15, 0.2) is 237 Å². The molecule has 3 aliphatic rings. The van der Waals surface area contributed by atoms with E-state index in [2.05, 4.69) is 110 Å². The molecule has 108 heavy (non-hydrogen) atoms. The first-order valence-electron chi connectivity index (χ1n) is 34.4. The van der Waals surface area contributed by atoms with Crippen LogP contribution in [0.25, 0.3) is 33.8 Å². The number of anilines is 10. The zero-order chi connectivity index (χ0) is 75.8. The number of halogens is 9. The maximum absolute atomic E-state index is 13.9. The van der Waals surface area contributed by atoms with E-state index < -0.39 is 36.0 Å². The van der Waals surface area contributed by atoms with Crippen molar-refractivity contribution in [3.63, 3.8) is 0 Å². The molecule has 22 heteroatoms. The van der Waals surface area contributed by atoms with E-state index >= 15 is 0 Å². The Balaban J connectivity index is 0.000000151. The standard InChI is InChI=1S/2C29H25F3N4.C28H23F3N4.Ir/c2*1-28(2,3)22-14-16-23(17-15-22)36-19-35(18-20-10-6-4-7-11-20)25-24(21-12-8-5-9-13-21)33-27(29(30,31)32)34-26(25)36;1-27(2,3)20-14-16-22(17-15-20)35-18-34(21-12-8-5-9-13-21)24-23(19-10-6-4-7-11-19)32-26(28(29,30)31)33-25(24)35;/h2*4-16,19H,18H2,1-3H3;4-16,18H,1-3H3;/q3*-2;. The molecule has 12 aromatic rings. The summed E-state index contributed by atoms with van der Waals surface area (Å²) in [6.45, 7) is 25.1. The van der Waals surface area contributed by atoms with Crippen LogP contribution in [0, 0.1) is 38.2 Å². The molecule has 9 aromatic carbocycles. The summed E-state index contributed by atoms with van der Waals surface area (Å²) in [5, 5.41) is 0. The molecule has 0 amide bonds. The Morgan fingerprint density at radius 1 is 0.306 bits per heavy atom. The number of aromatic nitrogens is 6. The van der Waals surface area contributed by atoms with E-state index in [4.69, 9.17) is 0 Å². The number of hydrogen-bond acceptors (Lipinski definition) is 12. The van der Waals surface area contributed by atoms with Crippen molar-refractivity contribution in [3.8, 4) is 33.8 Å². The van der Waals surface area contributed by atoms with E-state index in [0.717, 1.165) is 33.5 Å². The van der Waals surface area contributed by atoms with E-state index in [1.165, 1.54) is 0 Å². The molecule has 3 aliphatic heterocycles. The first kappa shape index (κ1) is 76.7. The second-order valence-electron chi connectivity index (χ2n) is 28.8. The molecule has 0 bridgehead atoms. The number of para-hydroxylation sites is 1. The number of benzene rings is 9. The van der Waals surface area contributed by atoms with Crippen molar-refractivity contribution in [1.82, 2.24) is 29.9 Å². The van der Waals surface area contributed by atoms with Gasteiger partial charge in [-0.1, -0.05) is 248 Å². The largest absolute Gasteiger partial charge is 0.495 e. The quantitative estimate of drug-likeness (QED) is 0.0911. The summed E-state index contributed by atoms with van der Waals surface area (Å²) in [5.41, 5.74) is 11.5. The SMILES string of the molecule is CC(C)(C)c1c[c-]c(N2[CH-]N(Cc3ccccc3)c3c(-c4ccccc4)nc(C(F)(F)F)nc32)cc1.CC(C)(C)c1c[c-]c(N2[CH-]N(Cc3ccccc3)c3c(-c4ccccc4)nc(C(F)(F)F)nc32)cc1.CC(C)(C)c1c[c-]c(N2[CH-]N(c3ccccc3)c3c(-c4ccccc4)nc(C(F)(F)F)nc32)cc1.[Ir]. The van der Waals surface area contributed by atoms with Crippen LogP contribution in [0.4, 0.5) is 96.8 Å². The van der Waals surface area contributed by atoms with Gasteiger partial charge in [-0.3, -0.25) is 0 Å². The number of rotatable bonds is 11. The van der Waals surface area contributed by atoms with Gasteiger partial charge in [-0.2, -0.15) is 111 Å². The summed E-state index contributed by atoms with van der Waals surface area (Å²) in [7, 11) is 0. The normalized spacial score (nSPS) is 13.6. The van der Waals surface area contributed by atoms with Crippen LogP contribution >= 0.6 is 0 Å². The topological polar surface area (TPSA) is 96.8 Å². The van der Waals surface area contributed by atoms with Gasteiger partial charge in [0.15, 0.2) is 0 Å². The molecule has 1 radical (unpaired) electrons. The van der Waals surface area contributed by atoms with E-state index in [1.54, 1.807) is 108 Å². The van der Waals surface area contributed by atoms with Crippen LogP contribution < -0.4 is 29.4 Å². The summed E-state index contributed by atoms with van der Waals surface area (Å²) in [5.74, 6) is -3.04. The maximum Gasteiger partial charge on any atom is 0.451 e. The van der Waals surface area contributed by atoms with E-state index in [-0.39, 0.29) is 70.9 Å². The minimum absolute atomic E-state index is 0. The minimum Gasteiger partial charge on any atom is -0.495 e. The Hall–Kier alpha value is -11.0. The molecule has 12 nitrogen and oxygen atoms in total. The van der Waals surface area contributed by atoms with Gasteiger partial charge in [0.1, 0.15) is 17.5 Å². The zero-order valence-corrected chi connectivity index (χ0v) is 62.7. The van der Waals surface area contributed by atoms with Crippen molar-refractivity contribution in [3.05, 3.63) is 320 Å². The van der Waals surface area contributed by atoms with Crippen molar-refractivity contribution in [2.75, 3.05) is 29.4 Å². The first-order valence-corrected chi connectivity index (χ1v) is 34.4. The molecular formula is C86H73F9IrN12-6. The molecule has 0 atom stereocenters.